The summed E-state index contributed by atoms with van der Waals surface area (Å²) in [5, 5.41) is 0. The molecular formula is C17H23N3O4. The highest BCUT2D eigenvalue weighted by molar-refractivity contribution is 6.00. The molecule has 130 valence electrons. The van der Waals surface area contributed by atoms with E-state index < -0.39 is 0 Å². The third-order valence-corrected chi connectivity index (χ3v) is 4.69. The van der Waals surface area contributed by atoms with Crippen LogP contribution in [0.4, 0.5) is 5.69 Å². The summed E-state index contributed by atoms with van der Waals surface area (Å²) in [7, 11) is 3.12. The summed E-state index contributed by atoms with van der Waals surface area (Å²) in [5.41, 5.74) is 6.58. The predicted molar refractivity (Wildman–Crippen MR) is 89.2 cm³/mol. The highest BCUT2D eigenvalue weighted by atomic mass is 16.5. The molecule has 2 atom stereocenters. The number of nitrogens with zero attached hydrogens (tertiary/aromatic N) is 2. The van der Waals surface area contributed by atoms with Gasteiger partial charge in [-0.15, -0.1) is 0 Å². The first kappa shape index (κ1) is 16.6. The van der Waals surface area contributed by atoms with E-state index in [1.165, 1.54) is 0 Å². The maximum absolute atomic E-state index is 12.6. The fourth-order valence-electron chi connectivity index (χ4n) is 3.36. The van der Waals surface area contributed by atoms with E-state index in [2.05, 4.69) is 0 Å². The molecule has 7 heteroatoms. The smallest absolute Gasteiger partial charge is 0.228 e. The third kappa shape index (κ3) is 3.03. The van der Waals surface area contributed by atoms with Gasteiger partial charge in [0.25, 0.3) is 0 Å². The van der Waals surface area contributed by atoms with Crippen LogP contribution >= 0.6 is 0 Å². The molecule has 1 aromatic carbocycles. The van der Waals surface area contributed by atoms with Gasteiger partial charge in [-0.2, -0.15) is 0 Å². The maximum Gasteiger partial charge on any atom is 0.228 e. The van der Waals surface area contributed by atoms with Crippen LogP contribution in [-0.2, 0) is 9.59 Å². The van der Waals surface area contributed by atoms with Gasteiger partial charge in [-0.3, -0.25) is 9.59 Å². The Morgan fingerprint density at radius 1 is 1.21 bits per heavy atom. The standard InChI is InChI=1S/C17H23N3O4/c1-23-14-4-3-13(8-15(14)24-2)20-9-11(7-16(20)21)17(22)19-6-5-12(18)10-19/h3-4,8,11-12H,5-7,9-10,18H2,1-2H3/t11-,12+/m1/s1. The summed E-state index contributed by atoms with van der Waals surface area (Å²) >= 11 is 0. The summed E-state index contributed by atoms with van der Waals surface area (Å²) in [6.45, 7) is 1.65. The minimum Gasteiger partial charge on any atom is -0.493 e. The number of hydrogen-bond acceptors (Lipinski definition) is 5. The second-order valence-corrected chi connectivity index (χ2v) is 6.28. The molecule has 2 amide bonds. The number of likely N-dealkylation sites (tertiary alicyclic amines) is 1. The van der Waals surface area contributed by atoms with Crippen LogP contribution in [0.1, 0.15) is 12.8 Å². The van der Waals surface area contributed by atoms with Gasteiger partial charge in [0.15, 0.2) is 11.5 Å². The van der Waals surface area contributed by atoms with Crippen molar-refractivity contribution in [3.05, 3.63) is 18.2 Å². The first-order valence-electron chi connectivity index (χ1n) is 8.10. The minimum atomic E-state index is -0.309. The van der Waals surface area contributed by atoms with Crippen LogP contribution < -0.4 is 20.1 Å². The highest BCUT2D eigenvalue weighted by Crippen LogP contribution is 2.34. The molecule has 0 saturated carbocycles. The zero-order chi connectivity index (χ0) is 17.3. The topological polar surface area (TPSA) is 85.1 Å². The van der Waals surface area contributed by atoms with Crippen molar-refractivity contribution in [2.75, 3.05) is 38.8 Å². The van der Waals surface area contributed by atoms with E-state index in [1.54, 1.807) is 42.2 Å². The second kappa shape index (κ2) is 6.68. The van der Waals surface area contributed by atoms with E-state index in [1.807, 2.05) is 0 Å². The van der Waals surface area contributed by atoms with Gasteiger partial charge in [0.1, 0.15) is 0 Å². The lowest BCUT2D eigenvalue weighted by molar-refractivity contribution is -0.134. The fraction of sp³-hybridized carbons (Fsp3) is 0.529. The largest absolute Gasteiger partial charge is 0.493 e. The maximum atomic E-state index is 12.6. The zero-order valence-corrected chi connectivity index (χ0v) is 14.0. The number of ether oxygens (including phenoxy) is 2. The Morgan fingerprint density at radius 3 is 2.58 bits per heavy atom. The molecule has 2 saturated heterocycles. The normalized spacial score (nSPS) is 23.7. The van der Waals surface area contributed by atoms with Crippen molar-refractivity contribution < 1.29 is 19.1 Å². The number of methoxy groups -OCH3 is 2. The van der Waals surface area contributed by atoms with Crippen molar-refractivity contribution in [3.8, 4) is 11.5 Å². The van der Waals surface area contributed by atoms with Crippen LogP contribution in [0, 0.1) is 5.92 Å². The molecule has 0 aliphatic carbocycles. The van der Waals surface area contributed by atoms with E-state index in [9.17, 15) is 9.59 Å². The number of benzene rings is 1. The van der Waals surface area contributed by atoms with E-state index in [0.717, 1.165) is 6.42 Å². The van der Waals surface area contributed by atoms with E-state index in [0.29, 0.717) is 36.8 Å². The molecule has 0 spiro atoms. The molecule has 24 heavy (non-hydrogen) atoms. The van der Waals surface area contributed by atoms with Crippen molar-refractivity contribution in [1.29, 1.82) is 0 Å². The van der Waals surface area contributed by atoms with Crippen molar-refractivity contribution in [2.45, 2.75) is 18.9 Å². The Hall–Kier alpha value is -2.28. The molecule has 1 aromatic rings. The lowest BCUT2D eigenvalue weighted by Crippen LogP contribution is -2.37. The first-order valence-corrected chi connectivity index (χ1v) is 8.10. The van der Waals surface area contributed by atoms with Crippen molar-refractivity contribution >= 4 is 17.5 Å². The zero-order valence-electron chi connectivity index (χ0n) is 14.0. The van der Waals surface area contributed by atoms with Gasteiger partial charge in [-0.05, 0) is 18.6 Å². The molecule has 0 unspecified atom stereocenters. The molecule has 3 rings (SSSR count). The first-order chi connectivity index (χ1) is 11.5. The van der Waals surface area contributed by atoms with Gasteiger partial charge in [-0.25, -0.2) is 0 Å². The molecule has 2 aliphatic rings. The highest BCUT2D eigenvalue weighted by Gasteiger charge is 2.38. The fourth-order valence-corrected chi connectivity index (χ4v) is 3.36. The Morgan fingerprint density at radius 2 is 1.96 bits per heavy atom. The Bertz CT molecular complexity index is 649. The van der Waals surface area contributed by atoms with Crippen LogP contribution in [0.15, 0.2) is 18.2 Å². The average Bonchev–Trinajstić information content (AvgIpc) is 3.19. The van der Waals surface area contributed by atoms with Gasteiger partial charge >= 0.3 is 0 Å². The van der Waals surface area contributed by atoms with Gasteiger partial charge in [-0.1, -0.05) is 0 Å². The summed E-state index contributed by atoms with van der Waals surface area (Å²) in [4.78, 5) is 28.4. The Kier molecular flexibility index (Phi) is 4.62. The number of carbonyl (C=O) groups excluding carboxylic acids is 2. The molecule has 0 radical (unpaired) electrons. The average molecular weight is 333 g/mol. The van der Waals surface area contributed by atoms with Crippen molar-refractivity contribution in [3.63, 3.8) is 0 Å². The van der Waals surface area contributed by atoms with Crippen LogP contribution in [0.2, 0.25) is 0 Å². The van der Waals surface area contributed by atoms with Gasteiger partial charge < -0.3 is 25.0 Å². The van der Waals surface area contributed by atoms with Gasteiger partial charge in [0.05, 0.1) is 20.1 Å². The second-order valence-electron chi connectivity index (χ2n) is 6.28. The van der Waals surface area contributed by atoms with Gasteiger partial charge in [0, 0.05) is 43.9 Å². The number of hydrogen-bond donors (Lipinski definition) is 1. The molecule has 7 nitrogen and oxygen atoms in total. The van der Waals surface area contributed by atoms with Crippen LogP contribution in [0.3, 0.4) is 0 Å². The van der Waals surface area contributed by atoms with Gasteiger partial charge in [0.2, 0.25) is 11.8 Å². The van der Waals surface area contributed by atoms with E-state index in [4.69, 9.17) is 15.2 Å². The van der Waals surface area contributed by atoms with Crippen LogP contribution in [0.25, 0.3) is 0 Å². The van der Waals surface area contributed by atoms with Crippen molar-refractivity contribution in [1.82, 2.24) is 4.90 Å². The minimum absolute atomic E-state index is 0.0271. The molecule has 0 bridgehead atoms. The number of nitrogens with two attached hydrogens (primary N) is 1. The predicted octanol–water partition coefficient (Wildman–Crippen LogP) is 0.616. The molecule has 2 fully saturated rings. The Balaban J connectivity index is 1.74. The molecule has 0 aromatic heterocycles. The summed E-state index contributed by atoms with van der Waals surface area (Å²) in [5.74, 6) is 0.828. The lowest BCUT2D eigenvalue weighted by Gasteiger charge is -2.21. The Labute approximate surface area is 141 Å². The van der Waals surface area contributed by atoms with Crippen LogP contribution in [0.5, 0.6) is 11.5 Å². The number of carbonyl (C=O) groups is 2. The monoisotopic (exact) mass is 333 g/mol. The number of rotatable bonds is 4. The summed E-state index contributed by atoms with van der Waals surface area (Å²) < 4.78 is 10.5. The molecule has 2 N–H and O–H groups in total. The number of amides is 2. The third-order valence-electron chi connectivity index (χ3n) is 4.69. The lowest BCUT2D eigenvalue weighted by atomic mass is 10.1. The quantitative estimate of drug-likeness (QED) is 0.873. The number of anilines is 1. The summed E-state index contributed by atoms with van der Waals surface area (Å²) in [6, 6.07) is 5.37. The molecule has 2 heterocycles. The van der Waals surface area contributed by atoms with E-state index in [-0.39, 0.29) is 30.2 Å². The summed E-state index contributed by atoms with van der Waals surface area (Å²) in [6.07, 6.45) is 1.06. The molecular weight excluding hydrogens is 310 g/mol. The van der Waals surface area contributed by atoms with E-state index >= 15 is 0 Å². The molecule has 2 aliphatic heterocycles. The van der Waals surface area contributed by atoms with Crippen LogP contribution in [-0.4, -0.2) is 56.6 Å². The van der Waals surface area contributed by atoms with Crippen molar-refractivity contribution in [2.24, 2.45) is 11.7 Å². The SMILES string of the molecule is COc1ccc(N2C[C@H](C(=O)N3CC[C@H](N)C3)CC2=O)cc1OC.